The van der Waals surface area contributed by atoms with E-state index in [1.807, 2.05) is 6.92 Å². The van der Waals surface area contributed by atoms with Crippen LogP contribution in [-0.2, 0) is 4.79 Å². The molecule has 1 atom stereocenters. The highest BCUT2D eigenvalue weighted by molar-refractivity contribution is 6.01. The summed E-state index contributed by atoms with van der Waals surface area (Å²) < 4.78 is 5.24. The van der Waals surface area contributed by atoms with Crippen LogP contribution in [0.15, 0.2) is 18.2 Å². The van der Waals surface area contributed by atoms with E-state index >= 15 is 0 Å². The predicted molar refractivity (Wildman–Crippen MR) is 67.7 cm³/mol. The quantitative estimate of drug-likeness (QED) is 0.784. The first-order chi connectivity index (χ1) is 8.65. The van der Waals surface area contributed by atoms with Crippen molar-refractivity contribution in [3.05, 3.63) is 23.8 Å². The second-order valence-electron chi connectivity index (χ2n) is 4.25. The summed E-state index contributed by atoms with van der Waals surface area (Å²) in [6.45, 7) is 2.27. The van der Waals surface area contributed by atoms with Crippen molar-refractivity contribution in [2.75, 3.05) is 18.5 Å². The largest absolute Gasteiger partial charge is 0.482 e. The number of nitrogens with one attached hydrogen (secondary N) is 1. The van der Waals surface area contributed by atoms with Gasteiger partial charge in [-0.3, -0.25) is 9.59 Å². The zero-order valence-corrected chi connectivity index (χ0v) is 10.2. The van der Waals surface area contributed by atoms with Crippen molar-refractivity contribution >= 4 is 17.4 Å². The van der Waals surface area contributed by atoms with Crippen LogP contribution in [0.2, 0.25) is 0 Å². The predicted octanol–water partition coefficient (Wildman–Crippen LogP) is 1.19. The first-order valence-electron chi connectivity index (χ1n) is 5.96. The van der Waals surface area contributed by atoms with E-state index in [9.17, 15) is 9.59 Å². The van der Waals surface area contributed by atoms with Crippen molar-refractivity contribution in [1.29, 1.82) is 0 Å². The Hall–Kier alpha value is -1.88. The second kappa shape index (κ2) is 5.18. The van der Waals surface area contributed by atoms with Crippen LogP contribution in [0.1, 0.15) is 23.7 Å². The van der Waals surface area contributed by atoms with Gasteiger partial charge in [0.1, 0.15) is 5.75 Å². The summed E-state index contributed by atoms with van der Waals surface area (Å²) in [4.78, 5) is 23.4. The Morgan fingerprint density at radius 1 is 1.56 bits per heavy atom. The van der Waals surface area contributed by atoms with Crippen molar-refractivity contribution in [1.82, 2.24) is 0 Å². The van der Waals surface area contributed by atoms with Crippen molar-refractivity contribution in [3.8, 4) is 5.75 Å². The van der Waals surface area contributed by atoms with Gasteiger partial charge in [-0.2, -0.15) is 0 Å². The van der Waals surface area contributed by atoms with E-state index in [0.29, 0.717) is 30.0 Å². The Labute approximate surface area is 105 Å². The van der Waals surface area contributed by atoms with Gasteiger partial charge < -0.3 is 15.8 Å². The summed E-state index contributed by atoms with van der Waals surface area (Å²) in [5.41, 5.74) is 6.66. The van der Waals surface area contributed by atoms with Crippen LogP contribution in [0.3, 0.4) is 0 Å². The van der Waals surface area contributed by atoms with Gasteiger partial charge in [-0.1, -0.05) is 6.92 Å². The molecule has 0 bridgehead atoms. The molecule has 1 amide bonds. The highest BCUT2D eigenvalue weighted by Gasteiger charge is 2.21. The van der Waals surface area contributed by atoms with E-state index in [0.717, 1.165) is 0 Å². The number of fused-ring (bicyclic) bond motifs is 1. The Balaban J connectivity index is 2.28. The zero-order chi connectivity index (χ0) is 13.1. The molecule has 0 aliphatic carbocycles. The van der Waals surface area contributed by atoms with Crippen LogP contribution >= 0.6 is 0 Å². The molecule has 0 saturated carbocycles. The number of Topliss-reactive ketones (excluding diaryl/α,β-unsaturated/α-hetero) is 1. The van der Waals surface area contributed by atoms with Crippen molar-refractivity contribution < 1.29 is 14.3 Å². The summed E-state index contributed by atoms with van der Waals surface area (Å²) in [7, 11) is 0. The van der Waals surface area contributed by atoms with Gasteiger partial charge in [0.2, 0.25) is 0 Å². The molecule has 0 aromatic heterocycles. The summed E-state index contributed by atoms with van der Waals surface area (Å²) in [6, 6.07) is 5.05. The summed E-state index contributed by atoms with van der Waals surface area (Å²) in [5.74, 6) is 0.204. The lowest BCUT2D eigenvalue weighted by Gasteiger charge is -2.19. The molecule has 0 saturated heterocycles. The fraction of sp³-hybridized carbons (Fsp3) is 0.385. The Kier molecular flexibility index (Phi) is 3.62. The van der Waals surface area contributed by atoms with Crippen LogP contribution in [0, 0.1) is 5.92 Å². The number of rotatable bonds is 4. The number of carbonyl (C=O) groups is 2. The number of hydrogen-bond acceptors (Lipinski definition) is 4. The Morgan fingerprint density at radius 2 is 2.33 bits per heavy atom. The topological polar surface area (TPSA) is 81.4 Å². The number of ether oxygens (including phenoxy) is 1. The Bertz CT molecular complexity index is 481. The SMILES string of the molecule is CCC(CN)C(=O)c1ccc2c(c1)NC(=O)CO2. The average Bonchev–Trinajstić information content (AvgIpc) is 2.39. The maximum absolute atomic E-state index is 12.1. The molecule has 18 heavy (non-hydrogen) atoms. The molecule has 1 unspecified atom stereocenters. The molecule has 5 heteroatoms. The molecule has 0 radical (unpaired) electrons. The molecule has 1 heterocycles. The van der Waals surface area contributed by atoms with Gasteiger partial charge in [0.15, 0.2) is 12.4 Å². The van der Waals surface area contributed by atoms with E-state index in [2.05, 4.69) is 5.32 Å². The third-order valence-corrected chi connectivity index (χ3v) is 3.05. The fourth-order valence-corrected chi connectivity index (χ4v) is 1.93. The molecule has 0 spiro atoms. The fourth-order valence-electron chi connectivity index (χ4n) is 1.93. The van der Waals surface area contributed by atoms with Gasteiger partial charge in [0, 0.05) is 18.0 Å². The lowest BCUT2D eigenvalue weighted by atomic mass is 9.95. The maximum atomic E-state index is 12.1. The number of amides is 1. The van der Waals surface area contributed by atoms with Gasteiger partial charge in [-0.05, 0) is 24.6 Å². The van der Waals surface area contributed by atoms with E-state index in [4.69, 9.17) is 10.5 Å². The third kappa shape index (κ3) is 2.36. The van der Waals surface area contributed by atoms with E-state index in [1.54, 1.807) is 18.2 Å². The molecule has 1 aliphatic heterocycles. The van der Waals surface area contributed by atoms with Crippen molar-refractivity contribution in [2.45, 2.75) is 13.3 Å². The smallest absolute Gasteiger partial charge is 0.262 e. The van der Waals surface area contributed by atoms with Crippen molar-refractivity contribution in [3.63, 3.8) is 0 Å². The first kappa shape index (κ1) is 12.6. The van der Waals surface area contributed by atoms with Crippen LogP contribution in [0.5, 0.6) is 5.75 Å². The highest BCUT2D eigenvalue weighted by atomic mass is 16.5. The molecule has 0 fully saturated rings. The van der Waals surface area contributed by atoms with Gasteiger partial charge in [-0.25, -0.2) is 0 Å². The van der Waals surface area contributed by atoms with Crippen LogP contribution in [0.4, 0.5) is 5.69 Å². The number of anilines is 1. The summed E-state index contributed by atoms with van der Waals surface area (Å²) in [5, 5.41) is 2.68. The molecule has 3 N–H and O–H groups in total. The minimum Gasteiger partial charge on any atom is -0.482 e. The standard InChI is InChI=1S/C13H16N2O3/c1-2-8(6-14)13(17)9-3-4-11-10(5-9)15-12(16)7-18-11/h3-5,8H,2,6-7,14H2,1H3,(H,15,16). The molecule has 2 rings (SSSR count). The van der Waals surface area contributed by atoms with Crippen molar-refractivity contribution in [2.24, 2.45) is 11.7 Å². The average molecular weight is 248 g/mol. The van der Waals surface area contributed by atoms with Crippen LogP contribution in [-0.4, -0.2) is 24.8 Å². The number of hydrogen-bond donors (Lipinski definition) is 2. The second-order valence-corrected chi connectivity index (χ2v) is 4.25. The van der Waals surface area contributed by atoms with E-state index in [1.165, 1.54) is 0 Å². The van der Waals surface area contributed by atoms with Gasteiger partial charge in [0.05, 0.1) is 5.69 Å². The number of nitrogens with two attached hydrogens (primary N) is 1. The first-order valence-corrected chi connectivity index (χ1v) is 5.96. The number of ketones is 1. The monoisotopic (exact) mass is 248 g/mol. The molecular weight excluding hydrogens is 232 g/mol. The van der Waals surface area contributed by atoms with Gasteiger partial charge in [-0.15, -0.1) is 0 Å². The number of carbonyl (C=O) groups excluding carboxylic acids is 2. The maximum Gasteiger partial charge on any atom is 0.262 e. The van der Waals surface area contributed by atoms with Crippen LogP contribution in [0.25, 0.3) is 0 Å². The third-order valence-electron chi connectivity index (χ3n) is 3.05. The zero-order valence-electron chi connectivity index (χ0n) is 10.2. The lowest BCUT2D eigenvalue weighted by molar-refractivity contribution is -0.118. The molecule has 96 valence electrons. The van der Waals surface area contributed by atoms with E-state index < -0.39 is 0 Å². The van der Waals surface area contributed by atoms with E-state index in [-0.39, 0.29) is 24.2 Å². The minimum atomic E-state index is -0.210. The number of benzene rings is 1. The van der Waals surface area contributed by atoms with Crippen LogP contribution < -0.4 is 15.8 Å². The van der Waals surface area contributed by atoms with Gasteiger partial charge in [0.25, 0.3) is 5.91 Å². The normalized spacial score (nSPS) is 15.3. The molecule has 1 aromatic carbocycles. The summed E-state index contributed by atoms with van der Waals surface area (Å²) >= 11 is 0. The molecule has 1 aromatic rings. The lowest BCUT2D eigenvalue weighted by Crippen LogP contribution is -2.26. The molecular formula is C13H16N2O3. The minimum absolute atomic E-state index is 0.00243. The highest BCUT2D eigenvalue weighted by Crippen LogP contribution is 2.29. The summed E-state index contributed by atoms with van der Waals surface area (Å²) in [6.07, 6.45) is 0.704. The molecule has 5 nitrogen and oxygen atoms in total. The Morgan fingerprint density at radius 3 is 3.00 bits per heavy atom. The molecule has 1 aliphatic rings. The van der Waals surface area contributed by atoms with Gasteiger partial charge >= 0.3 is 0 Å².